The van der Waals surface area contributed by atoms with E-state index in [0.717, 1.165) is 49.5 Å². The molecule has 138 valence electrons. The van der Waals surface area contributed by atoms with Crippen LogP contribution in [0.15, 0.2) is 65.6 Å². The Bertz CT molecular complexity index is 959. The van der Waals surface area contributed by atoms with Gasteiger partial charge in [0.25, 0.3) is 5.56 Å². The normalized spacial score (nSPS) is 15.1. The SMILES string of the molecule is Cc1ccccc1CN1CCN(c2c(-c3ccccc3)cn[nH]c2=O)CC1. The molecule has 1 aliphatic heterocycles. The van der Waals surface area contributed by atoms with E-state index in [4.69, 9.17) is 0 Å². The molecular formula is C22H24N4O. The van der Waals surface area contributed by atoms with E-state index in [9.17, 15) is 4.79 Å². The molecule has 2 heterocycles. The summed E-state index contributed by atoms with van der Waals surface area (Å²) in [5.74, 6) is 0. The second-order valence-corrected chi connectivity index (χ2v) is 7.02. The van der Waals surface area contributed by atoms with Crippen molar-refractivity contribution in [3.8, 4) is 11.1 Å². The number of hydrogen-bond donors (Lipinski definition) is 1. The Hall–Kier alpha value is -2.92. The number of nitrogens with one attached hydrogen (secondary N) is 1. The molecule has 0 unspecified atom stereocenters. The molecule has 0 saturated carbocycles. The zero-order valence-electron chi connectivity index (χ0n) is 15.6. The first-order valence-electron chi connectivity index (χ1n) is 9.37. The van der Waals surface area contributed by atoms with E-state index < -0.39 is 0 Å². The molecule has 1 N–H and O–H groups in total. The van der Waals surface area contributed by atoms with E-state index >= 15 is 0 Å². The van der Waals surface area contributed by atoms with Crippen molar-refractivity contribution in [1.29, 1.82) is 0 Å². The average Bonchev–Trinajstić information content (AvgIpc) is 2.71. The van der Waals surface area contributed by atoms with Crippen LogP contribution in [0.4, 0.5) is 5.69 Å². The molecule has 0 bridgehead atoms. The Morgan fingerprint density at radius 2 is 1.67 bits per heavy atom. The Labute approximate surface area is 159 Å². The lowest BCUT2D eigenvalue weighted by Gasteiger charge is -2.36. The maximum absolute atomic E-state index is 12.6. The van der Waals surface area contributed by atoms with Crippen LogP contribution in [0.2, 0.25) is 0 Å². The predicted octanol–water partition coefficient (Wildman–Crippen LogP) is 3.07. The van der Waals surface area contributed by atoms with Crippen molar-refractivity contribution in [2.75, 3.05) is 31.1 Å². The van der Waals surface area contributed by atoms with E-state index in [0.29, 0.717) is 0 Å². The number of anilines is 1. The van der Waals surface area contributed by atoms with Crippen molar-refractivity contribution in [3.63, 3.8) is 0 Å². The Morgan fingerprint density at radius 1 is 0.963 bits per heavy atom. The molecule has 0 radical (unpaired) electrons. The Kier molecular flexibility index (Phi) is 5.03. The molecule has 3 aromatic rings. The Balaban J connectivity index is 1.52. The number of H-pyrrole nitrogens is 1. The van der Waals surface area contributed by atoms with E-state index in [-0.39, 0.29) is 5.56 Å². The molecule has 0 atom stereocenters. The lowest BCUT2D eigenvalue weighted by molar-refractivity contribution is 0.249. The van der Waals surface area contributed by atoms with Crippen molar-refractivity contribution in [2.45, 2.75) is 13.5 Å². The fourth-order valence-corrected chi connectivity index (χ4v) is 3.69. The summed E-state index contributed by atoms with van der Waals surface area (Å²) >= 11 is 0. The molecule has 27 heavy (non-hydrogen) atoms. The number of hydrogen-bond acceptors (Lipinski definition) is 4. The first kappa shape index (κ1) is 17.5. The maximum Gasteiger partial charge on any atom is 0.288 e. The van der Waals surface area contributed by atoms with Crippen LogP contribution >= 0.6 is 0 Å². The van der Waals surface area contributed by atoms with Crippen LogP contribution < -0.4 is 10.5 Å². The van der Waals surface area contributed by atoms with Crippen molar-refractivity contribution in [2.24, 2.45) is 0 Å². The molecule has 0 spiro atoms. The molecule has 2 aromatic carbocycles. The number of aromatic nitrogens is 2. The van der Waals surface area contributed by atoms with Gasteiger partial charge in [0.15, 0.2) is 0 Å². The zero-order chi connectivity index (χ0) is 18.6. The van der Waals surface area contributed by atoms with Crippen molar-refractivity contribution in [1.82, 2.24) is 15.1 Å². The molecule has 0 aliphatic carbocycles. The topological polar surface area (TPSA) is 52.2 Å². The van der Waals surface area contributed by atoms with E-state index in [1.807, 2.05) is 30.3 Å². The lowest BCUT2D eigenvalue weighted by Crippen LogP contribution is -2.47. The van der Waals surface area contributed by atoms with E-state index in [1.54, 1.807) is 6.20 Å². The molecule has 0 amide bonds. The fourth-order valence-electron chi connectivity index (χ4n) is 3.69. The summed E-state index contributed by atoms with van der Waals surface area (Å²) in [6.45, 7) is 6.65. The number of rotatable bonds is 4. The summed E-state index contributed by atoms with van der Waals surface area (Å²) in [6.07, 6.45) is 1.76. The standard InChI is InChI=1S/C22H24N4O/c1-17-7-5-6-10-19(17)16-25-11-13-26(14-12-25)21-20(15-23-24-22(21)27)18-8-3-2-4-9-18/h2-10,15H,11-14,16H2,1H3,(H,24,27). The van der Waals surface area contributed by atoms with Gasteiger partial charge in [0.1, 0.15) is 5.69 Å². The maximum atomic E-state index is 12.6. The monoisotopic (exact) mass is 360 g/mol. The van der Waals surface area contributed by atoms with Gasteiger partial charge < -0.3 is 4.90 Å². The van der Waals surface area contributed by atoms with Gasteiger partial charge in [0.05, 0.1) is 6.20 Å². The van der Waals surface area contributed by atoms with Gasteiger partial charge in [-0.1, -0.05) is 54.6 Å². The second-order valence-electron chi connectivity index (χ2n) is 7.02. The highest BCUT2D eigenvalue weighted by Crippen LogP contribution is 2.27. The fraction of sp³-hybridized carbons (Fsp3) is 0.273. The van der Waals surface area contributed by atoms with Crippen molar-refractivity contribution >= 4 is 5.69 Å². The number of benzene rings is 2. The summed E-state index contributed by atoms with van der Waals surface area (Å²) in [5, 5.41) is 6.63. The predicted molar refractivity (Wildman–Crippen MR) is 109 cm³/mol. The average molecular weight is 360 g/mol. The highest BCUT2D eigenvalue weighted by atomic mass is 16.1. The highest BCUT2D eigenvalue weighted by Gasteiger charge is 2.22. The van der Waals surface area contributed by atoms with E-state index in [1.165, 1.54) is 11.1 Å². The Morgan fingerprint density at radius 3 is 2.41 bits per heavy atom. The minimum Gasteiger partial charge on any atom is -0.364 e. The summed E-state index contributed by atoms with van der Waals surface area (Å²) in [7, 11) is 0. The second kappa shape index (κ2) is 7.76. The van der Waals surface area contributed by atoms with Gasteiger partial charge in [-0.25, -0.2) is 5.10 Å². The van der Waals surface area contributed by atoms with Gasteiger partial charge in [-0.3, -0.25) is 9.69 Å². The minimum atomic E-state index is -0.122. The summed E-state index contributed by atoms with van der Waals surface area (Å²) in [5.41, 5.74) is 5.23. The number of aryl methyl sites for hydroxylation is 1. The van der Waals surface area contributed by atoms with Gasteiger partial charge >= 0.3 is 0 Å². The third-order valence-corrected chi connectivity index (χ3v) is 5.26. The molecule has 5 heteroatoms. The first-order chi connectivity index (χ1) is 13.2. The minimum absolute atomic E-state index is 0.122. The summed E-state index contributed by atoms with van der Waals surface area (Å²) in [6, 6.07) is 18.5. The van der Waals surface area contributed by atoms with Crippen molar-refractivity contribution < 1.29 is 0 Å². The van der Waals surface area contributed by atoms with Crippen LogP contribution in [0.3, 0.4) is 0 Å². The smallest absolute Gasteiger partial charge is 0.288 e. The number of aromatic amines is 1. The van der Waals surface area contributed by atoms with Gasteiger partial charge in [-0.05, 0) is 23.6 Å². The third-order valence-electron chi connectivity index (χ3n) is 5.26. The van der Waals surface area contributed by atoms with Crippen molar-refractivity contribution in [3.05, 3.63) is 82.3 Å². The molecule has 4 rings (SSSR count). The van der Waals surface area contributed by atoms with Crippen LogP contribution in [0.1, 0.15) is 11.1 Å². The molecule has 5 nitrogen and oxygen atoms in total. The molecule has 1 fully saturated rings. The highest BCUT2D eigenvalue weighted by molar-refractivity contribution is 5.77. The van der Waals surface area contributed by atoms with Crippen LogP contribution in [-0.2, 0) is 6.54 Å². The quantitative estimate of drug-likeness (QED) is 0.777. The molecule has 1 aromatic heterocycles. The summed E-state index contributed by atoms with van der Waals surface area (Å²) in [4.78, 5) is 17.2. The van der Waals surface area contributed by atoms with Gasteiger partial charge in [-0.2, -0.15) is 5.10 Å². The largest absolute Gasteiger partial charge is 0.364 e. The molecule has 1 aliphatic rings. The van der Waals surface area contributed by atoms with Gasteiger partial charge in [-0.15, -0.1) is 0 Å². The summed E-state index contributed by atoms with van der Waals surface area (Å²) < 4.78 is 0. The number of piperazine rings is 1. The van der Waals surface area contributed by atoms with E-state index in [2.05, 4.69) is 51.2 Å². The molecular weight excluding hydrogens is 336 g/mol. The number of nitrogens with zero attached hydrogens (tertiary/aromatic N) is 3. The lowest BCUT2D eigenvalue weighted by atomic mass is 10.1. The van der Waals surface area contributed by atoms with Crippen LogP contribution in [0.25, 0.3) is 11.1 Å². The first-order valence-corrected chi connectivity index (χ1v) is 9.37. The van der Waals surface area contributed by atoms with Crippen LogP contribution in [0.5, 0.6) is 0 Å². The zero-order valence-corrected chi connectivity index (χ0v) is 15.6. The third kappa shape index (κ3) is 3.78. The molecule has 1 saturated heterocycles. The van der Waals surface area contributed by atoms with Crippen LogP contribution in [-0.4, -0.2) is 41.3 Å². The van der Waals surface area contributed by atoms with Crippen LogP contribution in [0, 0.1) is 6.92 Å². The van der Waals surface area contributed by atoms with Gasteiger partial charge in [0.2, 0.25) is 0 Å². The van der Waals surface area contributed by atoms with Gasteiger partial charge in [0, 0.05) is 38.3 Å².